The van der Waals surface area contributed by atoms with Crippen LogP contribution in [0.4, 0.5) is 4.79 Å². The van der Waals surface area contributed by atoms with Gasteiger partial charge in [0, 0.05) is 32.4 Å². The van der Waals surface area contributed by atoms with Gasteiger partial charge in [0.15, 0.2) is 0 Å². The molecule has 0 aromatic heterocycles. The van der Waals surface area contributed by atoms with E-state index in [0.717, 1.165) is 5.06 Å². The average Bonchev–Trinajstić information content (AvgIpc) is 2.39. The van der Waals surface area contributed by atoms with Crippen LogP contribution in [-0.4, -0.2) is 58.0 Å². The van der Waals surface area contributed by atoms with Gasteiger partial charge in [-0.25, -0.2) is 4.79 Å². The maximum atomic E-state index is 10.8. The SMILES string of the molecule is CCO[Si](CCCON(CC)C(=O)O)(OCC)OCC. The predicted octanol–water partition coefficient (Wildman–Crippen LogP) is 2.36. The molecule has 0 atom stereocenters. The number of rotatable bonds is 12. The molecular weight excluding hydrogens is 282 g/mol. The summed E-state index contributed by atoms with van der Waals surface area (Å²) in [6, 6.07) is 0.611. The average molecular weight is 309 g/mol. The quantitative estimate of drug-likeness (QED) is 0.339. The van der Waals surface area contributed by atoms with Crippen LogP contribution in [0.3, 0.4) is 0 Å². The van der Waals surface area contributed by atoms with Gasteiger partial charge in [0.25, 0.3) is 0 Å². The number of carbonyl (C=O) groups is 1. The molecule has 0 radical (unpaired) electrons. The highest BCUT2D eigenvalue weighted by molar-refractivity contribution is 6.60. The van der Waals surface area contributed by atoms with Gasteiger partial charge in [-0.1, -0.05) is 0 Å². The fourth-order valence-corrected chi connectivity index (χ4v) is 4.33. The van der Waals surface area contributed by atoms with E-state index in [1.807, 2.05) is 20.8 Å². The van der Waals surface area contributed by atoms with E-state index in [0.29, 0.717) is 45.4 Å². The smallest absolute Gasteiger partial charge is 0.463 e. The Morgan fingerprint density at radius 3 is 1.90 bits per heavy atom. The Bertz CT molecular complexity index is 249. The molecule has 120 valence electrons. The summed E-state index contributed by atoms with van der Waals surface area (Å²) in [6.45, 7) is 9.60. The summed E-state index contributed by atoms with van der Waals surface area (Å²) in [4.78, 5) is 15.9. The van der Waals surface area contributed by atoms with Crippen LogP contribution < -0.4 is 0 Å². The van der Waals surface area contributed by atoms with Crippen LogP contribution in [0.1, 0.15) is 34.1 Å². The summed E-state index contributed by atoms with van der Waals surface area (Å²) in [5, 5.41) is 9.73. The second-order valence-electron chi connectivity index (χ2n) is 3.90. The molecule has 0 bridgehead atoms. The van der Waals surface area contributed by atoms with Crippen molar-refractivity contribution < 1.29 is 28.0 Å². The van der Waals surface area contributed by atoms with Crippen molar-refractivity contribution >= 4 is 14.9 Å². The molecule has 0 aliphatic rings. The molecule has 1 amide bonds. The van der Waals surface area contributed by atoms with Gasteiger partial charge in [-0.2, -0.15) is 5.06 Å². The van der Waals surface area contributed by atoms with Gasteiger partial charge in [-0.15, -0.1) is 0 Å². The Hall–Kier alpha value is -0.673. The van der Waals surface area contributed by atoms with Crippen LogP contribution in [0.15, 0.2) is 0 Å². The van der Waals surface area contributed by atoms with Crippen LogP contribution >= 0.6 is 0 Å². The van der Waals surface area contributed by atoms with E-state index in [-0.39, 0.29) is 0 Å². The van der Waals surface area contributed by atoms with Gasteiger partial charge < -0.3 is 18.4 Å². The van der Waals surface area contributed by atoms with Crippen LogP contribution in [-0.2, 0) is 18.1 Å². The van der Waals surface area contributed by atoms with Crippen LogP contribution in [0.2, 0.25) is 6.04 Å². The van der Waals surface area contributed by atoms with Crippen molar-refractivity contribution in [2.75, 3.05) is 33.0 Å². The van der Waals surface area contributed by atoms with E-state index in [4.69, 9.17) is 23.2 Å². The van der Waals surface area contributed by atoms with Crippen LogP contribution in [0.25, 0.3) is 0 Å². The minimum absolute atomic E-state index is 0.292. The minimum Gasteiger partial charge on any atom is -0.463 e. The summed E-state index contributed by atoms with van der Waals surface area (Å²) in [5.74, 6) is 0. The zero-order chi connectivity index (χ0) is 15.4. The monoisotopic (exact) mass is 309 g/mol. The standard InChI is InChI=1S/C12H27NO6Si/c1-5-13(12(14)15)16-10-9-11-20(17-6-2,18-7-3)19-8-4/h5-11H2,1-4H3,(H,14,15). The third-order valence-corrected chi connectivity index (χ3v) is 5.62. The third-order valence-electron chi connectivity index (χ3n) is 2.47. The molecular formula is C12H27NO6Si. The fraction of sp³-hybridized carbons (Fsp3) is 0.917. The number of hydrogen-bond acceptors (Lipinski definition) is 5. The van der Waals surface area contributed by atoms with Crippen molar-refractivity contribution in [3.8, 4) is 0 Å². The molecule has 0 saturated carbocycles. The number of amides is 1. The predicted molar refractivity (Wildman–Crippen MR) is 76.4 cm³/mol. The number of hydrogen-bond donors (Lipinski definition) is 1. The van der Waals surface area contributed by atoms with Gasteiger partial charge in [0.2, 0.25) is 0 Å². The third kappa shape index (κ3) is 7.20. The van der Waals surface area contributed by atoms with Crippen molar-refractivity contribution in [3.05, 3.63) is 0 Å². The zero-order valence-electron chi connectivity index (χ0n) is 12.9. The maximum Gasteiger partial charge on any atom is 0.501 e. The van der Waals surface area contributed by atoms with Gasteiger partial charge in [0.05, 0.1) is 6.61 Å². The second kappa shape index (κ2) is 11.0. The summed E-state index contributed by atoms with van der Waals surface area (Å²) in [6.07, 6.45) is -0.467. The summed E-state index contributed by atoms with van der Waals surface area (Å²) >= 11 is 0. The zero-order valence-corrected chi connectivity index (χ0v) is 13.9. The Morgan fingerprint density at radius 2 is 1.55 bits per heavy atom. The normalized spacial score (nSPS) is 11.6. The summed E-state index contributed by atoms with van der Waals surface area (Å²) < 4.78 is 17.1. The van der Waals surface area contributed by atoms with Crippen molar-refractivity contribution in [2.24, 2.45) is 0 Å². The second-order valence-corrected chi connectivity index (χ2v) is 6.63. The van der Waals surface area contributed by atoms with Crippen LogP contribution in [0.5, 0.6) is 0 Å². The molecule has 0 aliphatic carbocycles. The molecule has 0 unspecified atom stereocenters. The molecule has 0 aromatic rings. The summed E-state index contributed by atoms with van der Waals surface area (Å²) in [5.41, 5.74) is 0. The molecule has 20 heavy (non-hydrogen) atoms. The van der Waals surface area contributed by atoms with E-state index in [2.05, 4.69) is 0 Å². The first-order chi connectivity index (χ1) is 9.55. The Labute approximate surface area is 122 Å². The van der Waals surface area contributed by atoms with Gasteiger partial charge >= 0.3 is 14.9 Å². The Kier molecular flexibility index (Phi) is 10.7. The highest BCUT2D eigenvalue weighted by atomic mass is 28.4. The first-order valence-electron chi connectivity index (χ1n) is 7.10. The molecule has 0 fully saturated rings. The Morgan fingerprint density at radius 1 is 1.05 bits per heavy atom. The van der Waals surface area contributed by atoms with E-state index < -0.39 is 14.9 Å². The highest BCUT2D eigenvalue weighted by Crippen LogP contribution is 2.18. The van der Waals surface area contributed by atoms with E-state index in [9.17, 15) is 4.79 Å². The largest absolute Gasteiger partial charge is 0.501 e. The highest BCUT2D eigenvalue weighted by Gasteiger charge is 2.39. The molecule has 0 aliphatic heterocycles. The molecule has 0 rings (SSSR count). The van der Waals surface area contributed by atoms with Crippen LogP contribution in [0, 0.1) is 0 Å². The first kappa shape index (κ1) is 19.3. The number of hydroxylamine groups is 2. The van der Waals surface area contributed by atoms with E-state index >= 15 is 0 Å². The van der Waals surface area contributed by atoms with Gasteiger partial charge in [-0.3, -0.25) is 4.84 Å². The molecule has 1 N–H and O–H groups in total. The molecule has 0 saturated heterocycles. The number of carboxylic acid groups (broad SMARTS) is 1. The Balaban J connectivity index is 4.27. The molecule has 0 spiro atoms. The first-order valence-corrected chi connectivity index (χ1v) is 9.03. The maximum absolute atomic E-state index is 10.8. The summed E-state index contributed by atoms with van der Waals surface area (Å²) in [7, 11) is -2.65. The van der Waals surface area contributed by atoms with Crippen molar-refractivity contribution in [2.45, 2.75) is 40.2 Å². The lowest BCUT2D eigenvalue weighted by molar-refractivity contribution is -0.128. The molecule has 7 nitrogen and oxygen atoms in total. The molecule has 0 heterocycles. The molecule has 8 heteroatoms. The van der Waals surface area contributed by atoms with Crippen molar-refractivity contribution in [1.82, 2.24) is 5.06 Å². The van der Waals surface area contributed by atoms with E-state index in [1.165, 1.54) is 0 Å². The molecule has 0 aromatic carbocycles. The fourth-order valence-electron chi connectivity index (χ4n) is 1.75. The lowest BCUT2D eigenvalue weighted by atomic mass is 10.5. The van der Waals surface area contributed by atoms with Gasteiger partial charge in [0.1, 0.15) is 0 Å². The van der Waals surface area contributed by atoms with Crippen molar-refractivity contribution in [3.63, 3.8) is 0 Å². The lowest BCUT2D eigenvalue weighted by Crippen LogP contribution is -2.46. The topological polar surface area (TPSA) is 77.5 Å². The minimum atomic E-state index is -2.65. The lowest BCUT2D eigenvalue weighted by Gasteiger charge is -2.28. The number of nitrogens with zero attached hydrogens (tertiary/aromatic N) is 1. The van der Waals surface area contributed by atoms with E-state index in [1.54, 1.807) is 6.92 Å². The van der Waals surface area contributed by atoms with Crippen molar-refractivity contribution in [1.29, 1.82) is 0 Å². The van der Waals surface area contributed by atoms with Gasteiger partial charge in [-0.05, 0) is 34.1 Å².